The molecule has 24 heavy (non-hydrogen) atoms. The minimum atomic E-state index is -0.167. The molecule has 0 spiro atoms. The van der Waals surface area contributed by atoms with Crippen LogP contribution in [-0.2, 0) is 11.3 Å². The second kappa shape index (κ2) is 9.27. The van der Waals surface area contributed by atoms with Gasteiger partial charge in [0.25, 0.3) is 0 Å². The number of rotatable bonds is 6. The first-order chi connectivity index (χ1) is 11.6. The number of nitrogens with one attached hydrogen (secondary N) is 3. The Morgan fingerprint density at radius 2 is 2.04 bits per heavy atom. The Balaban J connectivity index is 1.65. The molecule has 6 heteroatoms. The highest BCUT2D eigenvalue weighted by Crippen LogP contribution is 2.08. The molecule has 2 unspecified atom stereocenters. The van der Waals surface area contributed by atoms with E-state index in [-0.39, 0.29) is 18.0 Å². The number of nitrogens with zero attached hydrogens (tertiary/aromatic N) is 1. The van der Waals surface area contributed by atoms with Crippen molar-refractivity contribution in [3.8, 4) is 0 Å². The van der Waals surface area contributed by atoms with Gasteiger partial charge in [-0.2, -0.15) is 0 Å². The fourth-order valence-corrected chi connectivity index (χ4v) is 2.87. The molecule has 3 N–H and O–H groups in total. The topological polar surface area (TPSA) is 73.5 Å². The van der Waals surface area contributed by atoms with Gasteiger partial charge >= 0.3 is 6.03 Å². The van der Waals surface area contributed by atoms with Gasteiger partial charge in [-0.15, -0.1) is 0 Å². The SMILES string of the molecule is CC1NCCCC1NC(=O)CCNC(=O)N(C)Cc1ccccc1. The zero-order valence-electron chi connectivity index (χ0n) is 14.5. The first-order valence-corrected chi connectivity index (χ1v) is 8.62. The summed E-state index contributed by atoms with van der Waals surface area (Å²) >= 11 is 0. The lowest BCUT2D eigenvalue weighted by Crippen LogP contribution is -2.52. The van der Waals surface area contributed by atoms with Gasteiger partial charge in [0.15, 0.2) is 0 Å². The van der Waals surface area contributed by atoms with E-state index >= 15 is 0 Å². The second-order valence-corrected chi connectivity index (χ2v) is 6.38. The molecule has 1 heterocycles. The van der Waals surface area contributed by atoms with E-state index in [0.29, 0.717) is 25.6 Å². The molecule has 0 aromatic heterocycles. The maximum Gasteiger partial charge on any atom is 0.317 e. The number of urea groups is 1. The summed E-state index contributed by atoms with van der Waals surface area (Å²) in [5.74, 6) is -0.0124. The Morgan fingerprint density at radius 1 is 1.29 bits per heavy atom. The van der Waals surface area contributed by atoms with Crippen molar-refractivity contribution in [1.82, 2.24) is 20.9 Å². The minimum absolute atomic E-state index is 0.0124. The molecule has 1 fully saturated rings. The number of piperidine rings is 1. The van der Waals surface area contributed by atoms with Gasteiger partial charge in [0.05, 0.1) is 0 Å². The van der Waals surface area contributed by atoms with Crippen molar-refractivity contribution in [2.24, 2.45) is 0 Å². The van der Waals surface area contributed by atoms with E-state index in [1.807, 2.05) is 30.3 Å². The molecule has 0 bridgehead atoms. The van der Waals surface area contributed by atoms with Gasteiger partial charge in [-0.3, -0.25) is 4.79 Å². The molecule has 1 aromatic carbocycles. The van der Waals surface area contributed by atoms with Crippen molar-refractivity contribution in [2.75, 3.05) is 20.1 Å². The zero-order chi connectivity index (χ0) is 17.4. The Bertz CT molecular complexity index is 535. The molecule has 1 aliphatic rings. The highest BCUT2D eigenvalue weighted by Gasteiger charge is 2.22. The summed E-state index contributed by atoms with van der Waals surface area (Å²) in [6.45, 7) is 3.99. The molecule has 2 rings (SSSR count). The fourth-order valence-electron chi connectivity index (χ4n) is 2.87. The van der Waals surface area contributed by atoms with Crippen LogP contribution in [0.5, 0.6) is 0 Å². The second-order valence-electron chi connectivity index (χ2n) is 6.38. The lowest BCUT2D eigenvalue weighted by atomic mass is 10.00. The molecule has 0 saturated carbocycles. The van der Waals surface area contributed by atoms with Gasteiger partial charge in [0.1, 0.15) is 0 Å². The fraction of sp³-hybridized carbons (Fsp3) is 0.556. The van der Waals surface area contributed by atoms with Crippen LogP contribution in [0.1, 0.15) is 31.7 Å². The summed E-state index contributed by atoms with van der Waals surface area (Å²) in [5.41, 5.74) is 1.08. The van der Waals surface area contributed by atoms with E-state index < -0.39 is 0 Å². The van der Waals surface area contributed by atoms with Crippen LogP contribution in [0.2, 0.25) is 0 Å². The van der Waals surface area contributed by atoms with E-state index in [4.69, 9.17) is 0 Å². The Labute approximate surface area is 144 Å². The maximum atomic E-state index is 12.0. The van der Waals surface area contributed by atoms with E-state index in [1.54, 1.807) is 11.9 Å². The van der Waals surface area contributed by atoms with E-state index in [1.165, 1.54) is 0 Å². The van der Waals surface area contributed by atoms with Crippen LogP contribution < -0.4 is 16.0 Å². The number of amides is 3. The van der Waals surface area contributed by atoms with Crippen LogP contribution in [0.4, 0.5) is 4.79 Å². The number of carbonyl (C=O) groups is 2. The summed E-state index contributed by atoms with van der Waals surface area (Å²) in [6, 6.07) is 10.1. The third kappa shape index (κ3) is 5.85. The highest BCUT2D eigenvalue weighted by molar-refractivity contribution is 5.78. The lowest BCUT2D eigenvalue weighted by Gasteiger charge is -2.30. The predicted molar refractivity (Wildman–Crippen MR) is 94.6 cm³/mol. The third-order valence-corrected chi connectivity index (χ3v) is 4.35. The number of hydrogen-bond donors (Lipinski definition) is 3. The monoisotopic (exact) mass is 332 g/mol. The van der Waals surface area contributed by atoms with Crippen molar-refractivity contribution in [1.29, 1.82) is 0 Å². The number of benzene rings is 1. The van der Waals surface area contributed by atoms with E-state index in [0.717, 1.165) is 24.9 Å². The first kappa shape index (κ1) is 18.3. The Kier molecular flexibility index (Phi) is 7.06. The van der Waals surface area contributed by atoms with Crippen LogP contribution in [0.3, 0.4) is 0 Å². The molecule has 2 atom stereocenters. The Morgan fingerprint density at radius 3 is 2.75 bits per heavy atom. The Hall–Kier alpha value is -2.08. The van der Waals surface area contributed by atoms with Crippen molar-refractivity contribution >= 4 is 11.9 Å². The molecule has 6 nitrogen and oxygen atoms in total. The molecule has 3 amide bonds. The molecule has 1 aromatic rings. The molecular weight excluding hydrogens is 304 g/mol. The molecule has 1 saturated heterocycles. The molecule has 132 valence electrons. The minimum Gasteiger partial charge on any atom is -0.352 e. The van der Waals surface area contributed by atoms with Gasteiger partial charge in [0, 0.05) is 38.6 Å². The summed E-state index contributed by atoms with van der Waals surface area (Å²) < 4.78 is 0. The largest absolute Gasteiger partial charge is 0.352 e. The summed E-state index contributed by atoms with van der Waals surface area (Å²) in [7, 11) is 1.75. The molecule has 0 aliphatic carbocycles. The van der Waals surface area contributed by atoms with Crippen LogP contribution in [0, 0.1) is 0 Å². The molecule has 0 radical (unpaired) electrons. The first-order valence-electron chi connectivity index (χ1n) is 8.62. The summed E-state index contributed by atoms with van der Waals surface area (Å²) in [5, 5.41) is 9.20. The van der Waals surface area contributed by atoms with Gasteiger partial charge < -0.3 is 20.9 Å². The van der Waals surface area contributed by atoms with Crippen LogP contribution >= 0.6 is 0 Å². The maximum absolute atomic E-state index is 12.0. The summed E-state index contributed by atoms with van der Waals surface area (Å²) in [4.78, 5) is 25.7. The van der Waals surface area contributed by atoms with Crippen LogP contribution in [0.15, 0.2) is 30.3 Å². The number of carbonyl (C=O) groups excluding carboxylic acids is 2. The lowest BCUT2D eigenvalue weighted by molar-refractivity contribution is -0.122. The van der Waals surface area contributed by atoms with Crippen molar-refractivity contribution in [3.05, 3.63) is 35.9 Å². The van der Waals surface area contributed by atoms with Crippen molar-refractivity contribution in [2.45, 2.75) is 44.8 Å². The molecular formula is C18H28N4O2. The standard InChI is InChI=1S/C18H28N4O2/c1-14-16(9-6-11-19-14)21-17(23)10-12-20-18(24)22(2)13-15-7-4-3-5-8-15/h3-5,7-8,14,16,19H,6,9-13H2,1-2H3,(H,20,24)(H,21,23). The zero-order valence-corrected chi connectivity index (χ0v) is 14.5. The van der Waals surface area contributed by atoms with Gasteiger partial charge in [-0.25, -0.2) is 4.79 Å². The van der Waals surface area contributed by atoms with Gasteiger partial charge in [0.2, 0.25) is 5.91 Å². The third-order valence-electron chi connectivity index (χ3n) is 4.35. The quantitative estimate of drug-likeness (QED) is 0.739. The summed E-state index contributed by atoms with van der Waals surface area (Å²) in [6.07, 6.45) is 2.39. The van der Waals surface area contributed by atoms with Crippen molar-refractivity contribution < 1.29 is 9.59 Å². The van der Waals surface area contributed by atoms with E-state index in [9.17, 15) is 9.59 Å². The average molecular weight is 332 g/mol. The average Bonchev–Trinajstić information content (AvgIpc) is 2.57. The predicted octanol–water partition coefficient (Wildman–Crippen LogP) is 1.47. The molecule has 1 aliphatic heterocycles. The van der Waals surface area contributed by atoms with Gasteiger partial charge in [-0.05, 0) is 31.9 Å². The van der Waals surface area contributed by atoms with Crippen LogP contribution in [-0.4, -0.2) is 49.1 Å². The highest BCUT2D eigenvalue weighted by atomic mass is 16.2. The van der Waals surface area contributed by atoms with Crippen LogP contribution in [0.25, 0.3) is 0 Å². The normalized spacial score (nSPS) is 20.2. The van der Waals surface area contributed by atoms with Crippen molar-refractivity contribution in [3.63, 3.8) is 0 Å². The van der Waals surface area contributed by atoms with E-state index in [2.05, 4.69) is 22.9 Å². The smallest absolute Gasteiger partial charge is 0.317 e. The number of hydrogen-bond acceptors (Lipinski definition) is 3. The van der Waals surface area contributed by atoms with Gasteiger partial charge in [-0.1, -0.05) is 30.3 Å².